The zero-order valence-electron chi connectivity index (χ0n) is 36.7. The van der Waals surface area contributed by atoms with Crippen LogP contribution in [0.2, 0.25) is 0 Å². The van der Waals surface area contributed by atoms with Crippen molar-refractivity contribution in [3.05, 3.63) is 0 Å². The summed E-state index contributed by atoms with van der Waals surface area (Å²) in [6, 6.07) is 0. The Morgan fingerprint density at radius 3 is 1.22 bits per heavy atom. The number of likely N-dealkylation sites (N-methyl/N-ethyl adjacent to an activating group) is 1. The van der Waals surface area contributed by atoms with E-state index in [9.17, 15) is 14.3 Å². The highest BCUT2D eigenvalue weighted by Gasteiger charge is 2.20. The predicted molar refractivity (Wildman–Crippen MR) is 227 cm³/mol. The monoisotopic (exact) mass is 790 g/mol. The lowest BCUT2D eigenvalue weighted by Crippen LogP contribution is -2.37. The lowest BCUT2D eigenvalue weighted by Gasteiger charge is -2.28. The van der Waals surface area contributed by atoms with Gasteiger partial charge >= 0.3 is 5.97 Å². The fraction of sp³-hybridized carbons (Fsp3) is 0.978. The first-order chi connectivity index (χ1) is 26.1. The Bertz CT molecular complexity index is 837. The Morgan fingerprint density at radius 1 is 0.500 bits per heavy atom. The van der Waals surface area contributed by atoms with Crippen molar-refractivity contribution in [1.29, 1.82) is 0 Å². The molecule has 0 saturated carbocycles. The van der Waals surface area contributed by atoms with Gasteiger partial charge in [0.15, 0.2) is 0 Å². The molecule has 0 bridgehead atoms. The molecule has 0 aliphatic rings. The molecule has 0 amide bonds. The summed E-state index contributed by atoms with van der Waals surface area (Å²) in [6.45, 7) is 5.43. The molecular formula is C45H92NO7P. The van der Waals surface area contributed by atoms with Crippen LogP contribution in [0.3, 0.4) is 0 Å². The van der Waals surface area contributed by atoms with Gasteiger partial charge in [-0.15, -0.1) is 0 Å². The lowest BCUT2D eigenvalue weighted by molar-refractivity contribution is -0.870. The van der Waals surface area contributed by atoms with Crippen molar-refractivity contribution in [2.45, 2.75) is 232 Å². The zero-order valence-corrected chi connectivity index (χ0v) is 37.6. The third-order valence-corrected chi connectivity index (χ3v) is 11.4. The molecule has 0 aliphatic carbocycles. The Kier molecular flexibility index (Phi) is 39.0. The largest absolute Gasteiger partial charge is 0.756 e. The van der Waals surface area contributed by atoms with Crippen LogP contribution in [-0.4, -0.2) is 70.7 Å². The van der Waals surface area contributed by atoms with Crippen LogP contribution in [0.15, 0.2) is 0 Å². The Labute approximate surface area is 336 Å². The van der Waals surface area contributed by atoms with E-state index in [1.165, 1.54) is 173 Å². The summed E-state index contributed by atoms with van der Waals surface area (Å²) in [5.74, 6) is -0.330. The van der Waals surface area contributed by atoms with Gasteiger partial charge in [0.05, 0.1) is 34.4 Å². The van der Waals surface area contributed by atoms with Crippen LogP contribution < -0.4 is 4.89 Å². The number of nitrogens with zero attached hydrogens (tertiary/aromatic N) is 1. The number of hydrogen-bond acceptors (Lipinski definition) is 7. The number of hydrogen-bond donors (Lipinski definition) is 0. The summed E-state index contributed by atoms with van der Waals surface area (Å²) in [6.07, 6.45) is 41.4. The number of quaternary nitrogens is 1. The normalized spacial score (nSPS) is 13.7. The van der Waals surface area contributed by atoms with Crippen molar-refractivity contribution in [2.24, 2.45) is 0 Å². The van der Waals surface area contributed by atoms with E-state index in [2.05, 4.69) is 13.8 Å². The van der Waals surface area contributed by atoms with E-state index in [-0.39, 0.29) is 25.8 Å². The van der Waals surface area contributed by atoms with Crippen LogP contribution in [-0.2, 0) is 27.9 Å². The molecule has 8 nitrogen and oxygen atoms in total. The first-order valence-electron chi connectivity index (χ1n) is 23.3. The molecule has 0 aromatic heterocycles. The third kappa shape index (κ3) is 42.6. The minimum atomic E-state index is -4.51. The molecule has 324 valence electrons. The maximum Gasteiger partial charge on any atom is 0.306 e. The SMILES string of the molecule is CCCCCCCCCCCCCCCCCCCCCCCCCCCC(=O)OC(COCCCCCCCCC)COP(=O)([O-])OCC[N+](C)(C)C. The Hall–Kier alpha value is -0.500. The van der Waals surface area contributed by atoms with Gasteiger partial charge < -0.3 is 27.9 Å². The van der Waals surface area contributed by atoms with Gasteiger partial charge in [-0.3, -0.25) is 9.36 Å². The van der Waals surface area contributed by atoms with E-state index in [1.54, 1.807) is 0 Å². The number of phosphoric acid groups is 1. The van der Waals surface area contributed by atoms with Crippen LogP contribution in [0.1, 0.15) is 226 Å². The van der Waals surface area contributed by atoms with Crippen molar-refractivity contribution in [1.82, 2.24) is 0 Å². The minimum absolute atomic E-state index is 0.0308. The number of ether oxygens (including phenoxy) is 2. The fourth-order valence-electron chi connectivity index (χ4n) is 6.78. The van der Waals surface area contributed by atoms with E-state index < -0.39 is 13.9 Å². The molecule has 0 spiro atoms. The molecule has 0 N–H and O–H groups in total. The quantitative estimate of drug-likeness (QED) is 0.0262. The maximum absolute atomic E-state index is 12.6. The second-order valence-corrected chi connectivity index (χ2v) is 18.5. The summed E-state index contributed by atoms with van der Waals surface area (Å²) in [4.78, 5) is 25.0. The standard InChI is InChI=1S/C45H92NO7P/c1-6-8-10-12-14-15-16-17-18-19-20-21-22-23-24-25-26-27-28-29-30-31-32-34-36-38-45(47)53-44(42-50-40-37-35-33-13-11-9-7-2)43-52-54(48,49)51-41-39-46(3,4)5/h44H,6-43H2,1-5H3. The van der Waals surface area contributed by atoms with E-state index in [4.69, 9.17) is 18.5 Å². The molecule has 0 radical (unpaired) electrons. The molecule has 0 aliphatic heterocycles. The van der Waals surface area contributed by atoms with Crippen LogP contribution in [0, 0.1) is 0 Å². The third-order valence-electron chi connectivity index (χ3n) is 10.4. The van der Waals surface area contributed by atoms with E-state index in [0.29, 0.717) is 24.1 Å². The predicted octanol–water partition coefficient (Wildman–Crippen LogP) is 13.0. The Morgan fingerprint density at radius 2 is 0.852 bits per heavy atom. The van der Waals surface area contributed by atoms with Gasteiger partial charge in [0.25, 0.3) is 7.82 Å². The first-order valence-corrected chi connectivity index (χ1v) is 24.7. The van der Waals surface area contributed by atoms with Crippen LogP contribution in [0.5, 0.6) is 0 Å². The van der Waals surface area contributed by atoms with Gasteiger partial charge in [0, 0.05) is 13.0 Å². The molecule has 0 heterocycles. The number of rotatable bonds is 44. The average molecular weight is 790 g/mol. The van der Waals surface area contributed by atoms with Gasteiger partial charge in [0.1, 0.15) is 19.3 Å². The Balaban J connectivity index is 3.90. The van der Waals surface area contributed by atoms with Crippen LogP contribution >= 0.6 is 7.82 Å². The van der Waals surface area contributed by atoms with Crippen LogP contribution in [0.4, 0.5) is 0 Å². The number of unbranched alkanes of at least 4 members (excludes halogenated alkanes) is 30. The summed E-state index contributed by atoms with van der Waals surface area (Å²) < 4.78 is 34.4. The number of carbonyl (C=O) groups excluding carboxylic acids is 1. The maximum atomic E-state index is 12.6. The first kappa shape index (κ1) is 53.5. The highest BCUT2D eigenvalue weighted by Crippen LogP contribution is 2.38. The number of phosphoric ester groups is 1. The minimum Gasteiger partial charge on any atom is -0.756 e. The second-order valence-electron chi connectivity index (χ2n) is 17.1. The smallest absolute Gasteiger partial charge is 0.306 e. The number of carbonyl (C=O) groups is 1. The molecule has 0 rings (SSSR count). The topological polar surface area (TPSA) is 94.1 Å². The van der Waals surface area contributed by atoms with Crippen molar-refractivity contribution in [3.8, 4) is 0 Å². The van der Waals surface area contributed by atoms with Crippen molar-refractivity contribution in [2.75, 3.05) is 54.1 Å². The van der Waals surface area contributed by atoms with Gasteiger partial charge in [-0.25, -0.2) is 0 Å². The molecule has 9 heteroatoms. The lowest BCUT2D eigenvalue weighted by atomic mass is 10.0. The summed E-state index contributed by atoms with van der Waals surface area (Å²) >= 11 is 0. The zero-order chi connectivity index (χ0) is 39.9. The van der Waals surface area contributed by atoms with E-state index in [1.807, 2.05) is 21.1 Å². The summed E-state index contributed by atoms with van der Waals surface area (Å²) in [7, 11) is 1.37. The van der Waals surface area contributed by atoms with E-state index in [0.717, 1.165) is 32.1 Å². The van der Waals surface area contributed by atoms with Gasteiger partial charge in [-0.05, 0) is 12.8 Å². The van der Waals surface area contributed by atoms with Gasteiger partial charge in [0.2, 0.25) is 0 Å². The molecular weight excluding hydrogens is 697 g/mol. The molecule has 54 heavy (non-hydrogen) atoms. The molecule has 0 aromatic carbocycles. The highest BCUT2D eigenvalue weighted by atomic mass is 31.2. The summed E-state index contributed by atoms with van der Waals surface area (Å²) in [5, 5.41) is 0. The molecule has 2 unspecified atom stereocenters. The van der Waals surface area contributed by atoms with Crippen LogP contribution in [0.25, 0.3) is 0 Å². The fourth-order valence-corrected chi connectivity index (χ4v) is 7.51. The summed E-state index contributed by atoms with van der Waals surface area (Å²) in [5.41, 5.74) is 0. The molecule has 2 atom stereocenters. The van der Waals surface area contributed by atoms with Crippen molar-refractivity contribution >= 4 is 13.8 Å². The second kappa shape index (κ2) is 39.3. The highest BCUT2D eigenvalue weighted by molar-refractivity contribution is 7.45. The molecule has 0 saturated heterocycles. The van der Waals surface area contributed by atoms with Gasteiger partial charge in [-0.1, -0.05) is 206 Å². The number of esters is 1. The molecule has 0 fully saturated rings. The van der Waals surface area contributed by atoms with Gasteiger partial charge in [-0.2, -0.15) is 0 Å². The van der Waals surface area contributed by atoms with E-state index >= 15 is 0 Å². The van der Waals surface area contributed by atoms with Crippen molar-refractivity contribution < 1.29 is 37.3 Å². The van der Waals surface area contributed by atoms with Crippen molar-refractivity contribution in [3.63, 3.8) is 0 Å². The molecule has 0 aromatic rings. The average Bonchev–Trinajstić information content (AvgIpc) is 3.12.